The Morgan fingerprint density at radius 1 is 1.07 bits per heavy atom. The van der Waals surface area contributed by atoms with Crippen LogP contribution in [-0.4, -0.2) is 30.9 Å². The van der Waals surface area contributed by atoms with Crippen LogP contribution in [0.2, 0.25) is 0 Å². The van der Waals surface area contributed by atoms with Crippen LogP contribution in [0.3, 0.4) is 0 Å². The van der Waals surface area contributed by atoms with Gasteiger partial charge in [-0.2, -0.15) is 0 Å². The maximum Gasteiger partial charge on any atom is 0.344 e. The van der Waals surface area contributed by atoms with Crippen molar-refractivity contribution in [1.82, 2.24) is 0 Å². The number of rotatable bonds is 6. The van der Waals surface area contributed by atoms with E-state index in [1.54, 1.807) is 31.2 Å². The Balaban J connectivity index is 1.56. The number of hydrogen-bond donors (Lipinski definition) is 1. The molecule has 0 saturated carbocycles. The first-order valence-corrected chi connectivity index (χ1v) is 9.53. The van der Waals surface area contributed by atoms with E-state index in [1.165, 1.54) is 0 Å². The van der Waals surface area contributed by atoms with Gasteiger partial charge in [0.1, 0.15) is 5.75 Å². The Bertz CT molecular complexity index is 958. The zero-order valence-electron chi connectivity index (χ0n) is 17.1. The highest BCUT2D eigenvalue weighted by Gasteiger charge is 2.27. The molecule has 0 spiro atoms. The van der Waals surface area contributed by atoms with E-state index in [0.29, 0.717) is 17.0 Å². The number of para-hydroxylation sites is 1. The number of Topliss-reactive ketones (excluding diaryl/α,β-unsaturated/α-hetero) is 1. The fourth-order valence-electron chi connectivity index (χ4n) is 3.21. The Morgan fingerprint density at radius 3 is 2.52 bits per heavy atom. The molecule has 1 atom stereocenters. The summed E-state index contributed by atoms with van der Waals surface area (Å²) in [6.07, 6.45) is 0. The summed E-state index contributed by atoms with van der Waals surface area (Å²) in [5.74, 6) is -0.732. The van der Waals surface area contributed by atoms with Gasteiger partial charge >= 0.3 is 5.97 Å². The second-order valence-electron chi connectivity index (χ2n) is 8.13. The summed E-state index contributed by atoms with van der Waals surface area (Å²) < 4.78 is 10.7. The third-order valence-corrected chi connectivity index (χ3v) is 4.90. The molecule has 3 rings (SSSR count). The van der Waals surface area contributed by atoms with Crippen LogP contribution in [0.1, 0.15) is 55.1 Å². The van der Waals surface area contributed by atoms with Crippen LogP contribution in [0, 0.1) is 0 Å². The van der Waals surface area contributed by atoms with Gasteiger partial charge < -0.3 is 14.8 Å². The minimum atomic E-state index is -0.617. The normalized spacial score (nSPS) is 15.4. The predicted molar refractivity (Wildman–Crippen MR) is 109 cm³/mol. The van der Waals surface area contributed by atoms with Gasteiger partial charge in [-0.25, -0.2) is 4.79 Å². The molecule has 6 heteroatoms. The van der Waals surface area contributed by atoms with E-state index in [9.17, 15) is 14.4 Å². The van der Waals surface area contributed by atoms with Crippen molar-refractivity contribution in [2.24, 2.45) is 0 Å². The van der Waals surface area contributed by atoms with Gasteiger partial charge in [0, 0.05) is 11.3 Å². The first-order valence-electron chi connectivity index (χ1n) is 9.53. The average molecular weight is 395 g/mol. The molecule has 1 aliphatic rings. The maximum absolute atomic E-state index is 12.4. The molecule has 2 aromatic carbocycles. The molecule has 1 heterocycles. The van der Waals surface area contributed by atoms with E-state index in [0.717, 1.165) is 11.1 Å². The number of ether oxygens (including phenoxy) is 2. The summed E-state index contributed by atoms with van der Waals surface area (Å²) in [6, 6.07) is 12.5. The Kier molecular flexibility index (Phi) is 5.73. The van der Waals surface area contributed by atoms with Crippen LogP contribution in [0.5, 0.6) is 5.75 Å². The maximum atomic E-state index is 12.4. The number of anilines is 1. The number of esters is 1. The average Bonchev–Trinajstić information content (AvgIpc) is 2.97. The van der Waals surface area contributed by atoms with Gasteiger partial charge in [0.05, 0.1) is 5.92 Å². The molecule has 0 radical (unpaired) electrons. The molecular formula is C23H25NO5. The molecule has 1 N–H and O–H groups in total. The highest BCUT2D eigenvalue weighted by atomic mass is 16.6. The lowest BCUT2D eigenvalue weighted by atomic mass is 9.86. The van der Waals surface area contributed by atoms with Crippen LogP contribution in [-0.2, 0) is 19.7 Å². The van der Waals surface area contributed by atoms with Crippen molar-refractivity contribution in [3.05, 3.63) is 59.2 Å². The largest absolute Gasteiger partial charge is 0.482 e. The van der Waals surface area contributed by atoms with E-state index in [-0.39, 0.29) is 36.2 Å². The SMILES string of the molecule is C[C@H]1C(=O)Nc2ccc(C(=O)COC(=O)COc3ccccc3C(C)(C)C)cc21. The van der Waals surface area contributed by atoms with E-state index in [4.69, 9.17) is 9.47 Å². The molecule has 152 valence electrons. The lowest BCUT2D eigenvalue weighted by molar-refractivity contribution is -0.144. The number of ketones is 1. The van der Waals surface area contributed by atoms with Crippen molar-refractivity contribution >= 4 is 23.3 Å². The number of hydrogen-bond acceptors (Lipinski definition) is 5. The minimum Gasteiger partial charge on any atom is -0.482 e. The van der Waals surface area contributed by atoms with Crippen LogP contribution < -0.4 is 10.1 Å². The van der Waals surface area contributed by atoms with Crippen molar-refractivity contribution < 1.29 is 23.9 Å². The van der Waals surface area contributed by atoms with Gasteiger partial charge in [-0.1, -0.05) is 39.0 Å². The van der Waals surface area contributed by atoms with E-state index in [2.05, 4.69) is 26.1 Å². The summed E-state index contributed by atoms with van der Waals surface area (Å²) in [5, 5.41) is 2.76. The molecular weight excluding hydrogens is 370 g/mol. The van der Waals surface area contributed by atoms with E-state index < -0.39 is 5.97 Å². The van der Waals surface area contributed by atoms with Gasteiger partial charge in [0.25, 0.3) is 0 Å². The van der Waals surface area contributed by atoms with Crippen molar-refractivity contribution in [1.29, 1.82) is 0 Å². The monoisotopic (exact) mass is 395 g/mol. The quantitative estimate of drug-likeness (QED) is 0.594. The molecule has 0 aliphatic carbocycles. The summed E-state index contributed by atoms with van der Waals surface area (Å²) in [6.45, 7) is 7.31. The third-order valence-electron chi connectivity index (χ3n) is 4.90. The topological polar surface area (TPSA) is 81.7 Å². The standard InChI is InChI=1S/C23H25NO5/c1-14-16-11-15(9-10-18(16)24-22(14)27)19(25)12-29-21(26)13-28-20-8-6-5-7-17(20)23(2,3)4/h5-11,14H,12-13H2,1-4H3,(H,24,27)/t14-/m1/s1. The minimum absolute atomic E-state index is 0.0938. The molecule has 6 nitrogen and oxygen atoms in total. The van der Waals surface area contributed by atoms with Crippen molar-refractivity contribution in [2.45, 2.75) is 39.0 Å². The Hall–Kier alpha value is -3.15. The molecule has 1 amide bonds. The number of fused-ring (bicyclic) bond motifs is 1. The van der Waals surface area contributed by atoms with Crippen LogP contribution in [0.15, 0.2) is 42.5 Å². The molecule has 0 unspecified atom stereocenters. The lowest BCUT2D eigenvalue weighted by Crippen LogP contribution is -2.21. The van der Waals surface area contributed by atoms with Crippen molar-refractivity contribution in [3.63, 3.8) is 0 Å². The fourth-order valence-corrected chi connectivity index (χ4v) is 3.21. The van der Waals surface area contributed by atoms with Gasteiger partial charge in [-0.15, -0.1) is 0 Å². The summed E-state index contributed by atoms with van der Waals surface area (Å²) >= 11 is 0. The highest BCUT2D eigenvalue weighted by Crippen LogP contribution is 2.33. The van der Waals surface area contributed by atoms with Gasteiger partial charge in [0.2, 0.25) is 5.91 Å². The Morgan fingerprint density at radius 2 is 1.79 bits per heavy atom. The third kappa shape index (κ3) is 4.65. The molecule has 0 aromatic heterocycles. The summed E-state index contributed by atoms with van der Waals surface area (Å²) in [7, 11) is 0. The zero-order chi connectivity index (χ0) is 21.2. The van der Waals surface area contributed by atoms with Gasteiger partial charge in [-0.3, -0.25) is 9.59 Å². The van der Waals surface area contributed by atoms with E-state index in [1.807, 2.05) is 18.2 Å². The second kappa shape index (κ2) is 8.07. The second-order valence-corrected chi connectivity index (χ2v) is 8.13. The highest BCUT2D eigenvalue weighted by molar-refractivity contribution is 6.05. The summed E-state index contributed by atoms with van der Waals surface area (Å²) in [5.41, 5.74) is 2.74. The number of carbonyl (C=O) groups excluding carboxylic acids is 3. The molecule has 0 fully saturated rings. The van der Waals surface area contributed by atoms with Crippen LogP contribution >= 0.6 is 0 Å². The van der Waals surface area contributed by atoms with Gasteiger partial charge in [0.15, 0.2) is 19.0 Å². The van der Waals surface area contributed by atoms with Crippen LogP contribution in [0.25, 0.3) is 0 Å². The molecule has 2 aromatic rings. The van der Waals surface area contributed by atoms with Crippen molar-refractivity contribution in [2.75, 3.05) is 18.5 Å². The van der Waals surface area contributed by atoms with E-state index >= 15 is 0 Å². The predicted octanol–water partition coefficient (Wildman–Crippen LogP) is 3.84. The molecule has 0 bridgehead atoms. The van der Waals surface area contributed by atoms with Gasteiger partial charge in [-0.05, 0) is 47.7 Å². The number of carbonyl (C=O) groups is 3. The molecule has 1 aliphatic heterocycles. The Labute approximate surface area is 170 Å². The van der Waals surface area contributed by atoms with Crippen molar-refractivity contribution in [3.8, 4) is 5.75 Å². The smallest absolute Gasteiger partial charge is 0.344 e. The molecule has 0 saturated heterocycles. The number of nitrogens with one attached hydrogen (secondary N) is 1. The van der Waals surface area contributed by atoms with Crippen LogP contribution in [0.4, 0.5) is 5.69 Å². The summed E-state index contributed by atoms with van der Waals surface area (Å²) in [4.78, 5) is 36.1. The zero-order valence-corrected chi connectivity index (χ0v) is 17.1. The molecule has 29 heavy (non-hydrogen) atoms. The fraction of sp³-hybridized carbons (Fsp3) is 0.348. The number of amides is 1. The first kappa shape index (κ1) is 20.6. The number of benzene rings is 2. The first-order chi connectivity index (χ1) is 13.7. The lowest BCUT2D eigenvalue weighted by Gasteiger charge is -2.22.